The first-order valence-electron chi connectivity index (χ1n) is 7.88. The van der Waals surface area contributed by atoms with E-state index in [0.29, 0.717) is 6.54 Å². The molecule has 2 aromatic carbocycles. The van der Waals surface area contributed by atoms with Gasteiger partial charge in [0.25, 0.3) is 0 Å². The zero-order valence-electron chi connectivity index (χ0n) is 14.6. The lowest BCUT2D eigenvalue weighted by Gasteiger charge is -2.08. The predicted molar refractivity (Wildman–Crippen MR) is 119 cm³/mol. The quantitative estimate of drug-likeness (QED) is 0.382. The molecule has 0 N–H and O–H groups in total. The fourth-order valence-corrected chi connectivity index (χ4v) is 3.93. The summed E-state index contributed by atoms with van der Waals surface area (Å²) in [6.07, 6.45) is 1.90. The Labute approximate surface area is 176 Å². The molecule has 0 aliphatic heterocycles. The topological polar surface area (TPSA) is 26.5 Å². The van der Waals surface area contributed by atoms with Gasteiger partial charge in [-0.15, -0.1) is 34.9 Å². The lowest BCUT2D eigenvalue weighted by molar-refractivity contribution is 0.415. The van der Waals surface area contributed by atoms with Crippen LogP contribution in [0.4, 0.5) is 5.69 Å². The Hall–Kier alpha value is -1.63. The van der Waals surface area contributed by atoms with Crippen molar-refractivity contribution in [3.8, 4) is 17.0 Å². The van der Waals surface area contributed by atoms with Crippen LogP contribution in [0.3, 0.4) is 0 Å². The minimum absolute atomic E-state index is 0. The lowest BCUT2D eigenvalue weighted by atomic mass is 10.1. The van der Waals surface area contributed by atoms with Crippen LogP contribution in [0.15, 0.2) is 70.7 Å². The Bertz CT molecular complexity index is 941. The first-order chi connectivity index (χ1) is 12.1. The Kier molecular flexibility index (Phi) is 7.43. The number of aromatic nitrogens is 1. The Morgan fingerprint density at radius 1 is 1.15 bits per heavy atom. The van der Waals surface area contributed by atoms with Crippen LogP contribution in [0, 0.1) is 6.92 Å². The Morgan fingerprint density at radius 2 is 1.81 bits per heavy atom. The maximum atomic E-state index is 5.21. The van der Waals surface area contributed by atoms with E-state index in [1.165, 1.54) is 16.1 Å². The average molecular weight is 496 g/mol. The van der Waals surface area contributed by atoms with Gasteiger partial charge in [-0.3, -0.25) is 0 Å². The van der Waals surface area contributed by atoms with E-state index in [4.69, 9.17) is 9.73 Å². The number of allylic oxidation sites excluding steroid dienone is 1. The van der Waals surface area contributed by atoms with Crippen molar-refractivity contribution in [2.24, 2.45) is 4.99 Å². The molecule has 0 aliphatic rings. The number of hydrogen-bond acceptors (Lipinski definition) is 3. The van der Waals surface area contributed by atoms with Crippen LogP contribution < -0.4 is 9.54 Å². The van der Waals surface area contributed by atoms with Crippen LogP contribution in [0.1, 0.15) is 4.88 Å². The number of ether oxygens (including phenoxy) is 1. The van der Waals surface area contributed by atoms with Crippen molar-refractivity contribution in [3.05, 3.63) is 75.3 Å². The smallest absolute Gasteiger partial charge is 0.190 e. The van der Waals surface area contributed by atoms with Crippen LogP contribution in [0.5, 0.6) is 5.75 Å². The van der Waals surface area contributed by atoms with Gasteiger partial charge < -0.3 is 9.30 Å². The molecule has 26 heavy (non-hydrogen) atoms. The maximum Gasteiger partial charge on any atom is 0.190 e. The minimum atomic E-state index is 0. The molecular formula is C20H20Br2N2OS. The molecule has 1 heterocycles. The molecule has 3 rings (SSSR count). The van der Waals surface area contributed by atoms with Crippen molar-refractivity contribution in [2.75, 3.05) is 7.11 Å². The molecule has 0 amide bonds. The Morgan fingerprint density at radius 3 is 2.38 bits per heavy atom. The zero-order chi connectivity index (χ0) is 17.8. The van der Waals surface area contributed by atoms with Crippen LogP contribution in [0.2, 0.25) is 0 Å². The molecule has 0 atom stereocenters. The number of hydrogen-bond donors (Lipinski definition) is 0. The summed E-state index contributed by atoms with van der Waals surface area (Å²) in [4.78, 5) is 7.02. The van der Waals surface area contributed by atoms with Gasteiger partial charge in [0.2, 0.25) is 0 Å². The third-order valence-corrected chi connectivity index (χ3v) is 5.33. The van der Waals surface area contributed by atoms with Gasteiger partial charge in [-0.1, -0.05) is 34.1 Å². The molecule has 0 fully saturated rings. The van der Waals surface area contributed by atoms with Crippen LogP contribution in [0.25, 0.3) is 11.3 Å². The first-order valence-corrected chi connectivity index (χ1v) is 9.49. The normalized spacial score (nSPS) is 11.1. The molecule has 3 nitrogen and oxygen atoms in total. The van der Waals surface area contributed by atoms with Gasteiger partial charge in [0.15, 0.2) is 4.80 Å². The molecule has 0 saturated heterocycles. The summed E-state index contributed by atoms with van der Waals surface area (Å²) in [5.74, 6) is 0.829. The van der Waals surface area contributed by atoms with Gasteiger partial charge in [0.05, 0.1) is 18.5 Å². The molecular weight excluding hydrogens is 476 g/mol. The highest BCUT2D eigenvalue weighted by Gasteiger charge is 2.12. The van der Waals surface area contributed by atoms with E-state index < -0.39 is 0 Å². The number of halogens is 2. The minimum Gasteiger partial charge on any atom is -0.497 e. The predicted octanol–water partition coefficient (Wildman–Crippen LogP) is 6.29. The largest absolute Gasteiger partial charge is 0.497 e. The van der Waals surface area contributed by atoms with E-state index in [1.807, 2.05) is 30.3 Å². The number of aryl methyl sites for hydroxylation is 1. The number of methoxy groups -OCH3 is 1. The van der Waals surface area contributed by atoms with Gasteiger partial charge in [0, 0.05) is 15.9 Å². The highest BCUT2D eigenvalue weighted by Crippen LogP contribution is 2.27. The summed E-state index contributed by atoms with van der Waals surface area (Å²) >= 11 is 5.19. The molecule has 0 saturated carbocycles. The standard InChI is InChI=1S/C20H19BrN2OS.BrH/c1-4-13-23-19(15-5-7-16(21)8-6-15)14(2)25-20(23)22-17-9-11-18(24-3)12-10-17;/h4-12H,1,13H2,2-3H3;1H. The molecule has 0 bridgehead atoms. The van der Waals surface area contributed by atoms with Gasteiger partial charge >= 0.3 is 0 Å². The van der Waals surface area contributed by atoms with Gasteiger partial charge in [-0.25, -0.2) is 4.99 Å². The third kappa shape index (κ3) is 4.55. The molecule has 0 spiro atoms. The SMILES string of the molecule is Br.C=CCn1c(-c2ccc(Br)cc2)c(C)sc1=Nc1ccc(OC)cc1. The fourth-order valence-electron chi connectivity index (χ4n) is 2.64. The second kappa shape index (κ2) is 9.35. The highest BCUT2D eigenvalue weighted by atomic mass is 79.9. The second-order valence-electron chi connectivity index (χ2n) is 5.51. The third-order valence-electron chi connectivity index (χ3n) is 3.81. The van der Waals surface area contributed by atoms with E-state index in [2.05, 4.69) is 58.3 Å². The number of benzene rings is 2. The van der Waals surface area contributed by atoms with Crippen molar-refractivity contribution in [1.29, 1.82) is 0 Å². The van der Waals surface area contributed by atoms with Crippen LogP contribution in [-0.4, -0.2) is 11.7 Å². The number of nitrogens with zero attached hydrogens (tertiary/aromatic N) is 2. The molecule has 6 heteroatoms. The van der Waals surface area contributed by atoms with Crippen molar-refractivity contribution >= 4 is 49.9 Å². The molecule has 3 aromatic rings. The summed E-state index contributed by atoms with van der Waals surface area (Å²) in [7, 11) is 1.66. The molecule has 0 radical (unpaired) electrons. The molecule has 1 aromatic heterocycles. The van der Waals surface area contributed by atoms with Gasteiger partial charge in [-0.2, -0.15) is 0 Å². The van der Waals surface area contributed by atoms with E-state index in [0.717, 1.165) is 20.7 Å². The molecule has 0 aliphatic carbocycles. The van der Waals surface area contributed by atoms with Crippen molar-refractivity contribution in [2.45, 2.75) is 13.5 Å². The van der Waals surface area contributed by atoms with E-state index in [9.17, 15) is 0 Å². The fraction of sp³-hybridized carbons (Fsp3) is 0.150. The number of rotatable bonds is 5. The summed E-state index contributed by atoms with van der Waals surface area (Å²) in [5, 5.41) is 0. The van der Waals surface area contributed by atoms with Gasteiger partial charge in [0.1, 0.15) is 5.75 Å². The maximum absolute atomic E-state index is 5.21. The van der Waals surface area contributed by atoms with E-state index in [1.54, 1.807) is 18.4 Å². The zero-order valence-corrected chi connectivity index (χ0v) is 18.7. The highest BCUT2D eigenvalue weighted by molar-refractivity contribution is 9.10. The molecule has 0 unspecified atom stereocenters. The summed E-state index contributed by atoms with van der Waals surface area (Å²) < 4.78 is 8.49. The second-order valence-corrected chi connectivity index (χ2v) is 7.60. The number of thiazole rings is 1. The van der Waals surface area contributed by atoms with Crippen molar-refractivity contribution in [1.82, 2.24) is 4.57 Å². The van der Waals surface area contributed by atoms with Crippen LogP contribution in [-0.2, 0) is 6.54 Å². The summed E-state index contributed by atoms with van der Waals surface area (Å²) in [6, 6.07) is 16.1. The summed E-state index contributed by atoms with van der Waals surface area (Å²) in [5.41, 5.74) is 3.27. The summed E-state index contributed by atoms with van der Waals surface area (Å²) in [6.45, 7) is 6.75. The average Bonchev–Trinajstić information content (AvgIpc) is 2.92. The Balaban J connectivity index is 0.00000243. The lowest BCUT2D eigenvalue weighted by Crippen LogP contribution is -2.14. The van der Waals surface area contributed by atoms with E-state index >= 15 is 0 Å². The van der Waals surface area contributed by atoms with Crippen molar-refractivity contribution < 1.29 is 4.74 Å². The first kappa shape index (κ1) is 20.7. The monoisotopic (exact) mass is 494 g/mol. The van der Waals surface area contributed by atoms with E-state index in [-0.39, 0.29) is 17.0 Å². The van der Waals surface area contributed by atoms with Gasteiger partial charge in [-0.05, 0) is 48.9 Å². The molecule has 136 valence electrons. The van der Waals surface area contributed by atoms with Crippen molar-refractivity contribution in [3.63, 3.8) is 0 Å². The van der Waals surface area contributed by atoms with Crippen LogP contribution >= 0.6 is 44.2 Å².